The number of carbonyl (C=O) groups is 2. The third-order valence-corrected chi connectivity index (χ3v) is 4.65. The van der Waals surface area contributed by atoms with Crippen LogP contribution in [0.25, 0.3) is 0 Å². The highest BCUT2D eigenvalue weighted by atomic mass is 32.1. The van der Waals surface area contributed by atoms with E-state index in [1.807, 2.05) is 0 Å². The van der Waals surface area contributed by atoms with E-state index in [4.69, 9.17) is 0 Å². The van der Waals surface area contributed by atoms with Crippen LogP contribution in [0.15, 0.2) is 30.7 Å². The van der Waals surface area contributed by atoms with Crippen LogP contribution in [0.4, 0.5) is 29.1 Å². The van der Waals surface area contributed by atoms with E-state index in [0.717, 1.165) is 18.3 Å². The number of aromatic nitrogens is 3. The van der Waals surface area contributed by atoms with Crippen LogP contribution in [0.1, 0.15) is 30.6 Å². The molecule has 0 spiro atoms. The van der Waals surface area contributed by atoms with E-state index in [1.165, 1.54) is 17.5 Å². The fourth-order valence-corrected chi connectivity index (χ4v) is 3.04. The minimum atomic E-state index is -4.94. The summed E-state index contributed by atoms with van der Waals surface area (Å²) in [6.07, 6.45) is -2.08. The molecule has 0 radical (unpaired) electrons. The van der Waals surface area contributed by atoms with Crippen LogP contribution >= 0.6 is 11.3 Å². The summed E-state index contributed by atoms with van der Waals surface area (Å²) in [4.78, 5) is 36.0. The Balaban J connectivity index is 1.76. The zero-order valence-electron chi connectivity index (χ0n) is 15.9. The normalized spacial score (nSPS) is 11.2. The number of nitrogens with zero attached hydrogens (tertiary/aromatic N) is 3. The van der Waals surface area contributed by atoms with Gasteiger partial charge < -0.3 is 15.4 Å². The lowest BCUT2D eigenvalue weighted by atomic mass is 10.1. The smallest absolute Gasteiger partial charge is 0.386 e. The van der Waals surface area contributed by atoms with Crippen molar-refractivity contribution in [3.05, 3.63) is 57.6 Å². The zero-order valence-corrected chi connectivity index (χ0v) is 16.7. The van der Waals surface area contributed by atoms with Crippen molar-refractivity contribution in [2.45, 2.75) is 20.2 Å². The number of alkyl halides is 3. The third-order valence-electron chi connectivity index (χ3n) is 3.74. The molecule has 0 aliphatic rings. The number of halogens is 4. The van der Waals surface area contributed by atoms with Gasteiger partial charge in [-0.2, -0.15) is 0 Å². The van der Waals surface area contributed by atoms with Crippen molar-refractivity contribution in [3.63, 3.8) is 0 Å². The van der Waals surface area contributed by atoms with Crippen LogP contribution in [0.2, 0.25) is 0 Å². The summed E-state index contributed by atoms with van der Waals surface area (Å²) >= 11 is 1.17. The van der Waals surface area contributed by atoms with Crippen molar-refractivity contribution in [3.8, 4) is 5.88 Å². The molecule has 2 heterocycles. The number of carbonyl (C=O) groups excluding carboxylic acids is 2. The fraction of sp³-hybridized carbons (Fsp3) is 0.167. The molecule has 3 rings (SSSR count). The van der Waals surface area contributed by atoms with Gasteiger partial charge in [-0.3, -0.25) is 9.59 Å². The van der Waals surface area contributed by atoms with E-state index >= 15 is 0 Å². The molecule has 0 saturated carbocycles. The third kappa shape index (κ3) is 5.72. The molecule has 0 aliphatic heterocycles. The summed E-state index contributed by atoms with van der Waals surface area (Å²) in [7, 11) is 0. The van der Waals surface area contributed by atoms with Crippen molar-refractivity contribution in [1.29, 1.82) is 0 Å². The molecular weight excluding hydrogens is 442 g/mol. The van der Waals surface area contributed by atoms with Gasteiger partial charge in [0.15, 0.2) is 5.82 Å². The van der Waals surface area contributed by atoms with Gasteiger partial charge in [-0.05, 0) is 31.5 Å². The van der Waals surface area contributed by atoms with Gasteiger partial charge in [-0.25, -0.2) is 19.3 Å². The van der Waals surface area contributed by atoms with Gasteiger partial charge >= 0.3 is 6.36 Å². The number of hydrogen-bond acceptors (Lipinski definition) is 7. The van der Waals surface area contributed by atoms with E-state index in [9.17, 15) is 27.2 Å². The Labute approximate surface area is 176 Å². The summed E-state index contributed by atoms with van der Waals surface area (Å²) in [5.74, 6) is -3.34. The maximum absolute atomic E-state index is 14.3. The van der Waals surface area contributed by atoms with Crippen molar-refractivity contribution in [2.75, 3.05) is 10.6 Å². The number of aryl methyl sites for hydroxylation is 2. The molecule has 2 amide bonds. The van der Waals surface area contributed by atoms with E-state index in [2.05, 4.69) is 30.3 Å². The second-order valence-corrected chi connectivity index (χ2v) is 7.32. The molecule has 0 atom stereocenters. The molecule has 0 fully saturated rings. The average molecular weight is 455 g/mol. The first-order valence-electron chi connectivity index (χ1n) is 8.45. The van der Waals surface area contributed by atoms with Gasteiger partial charge in [0.1, 0.15) is 10.7 Å². The zero-order chi connectivity index (χ0) is 22.8. The molecule has 31 heavy (non-hydrogen) atoms. The van der Waals surface area contributed by atoms with Crippen LogP contribution in [-0.4, -0.2) is 33.1 Å². The highest BCUT2D eigenvalue weighted by Crippen LogP contribution is 2.24. The topological polar surface area (TPSA) is 106 Å². The summed E-state index contributed by atoms with van der Waals surface area (Å²) in [6.45, 7) is 3.28. The Kier molecular flexibility index (Phi) is 6.15. The number of hydrogen-bond donors (Lipinski definition) is 2. The molecule has 13 heteroatoms. The molecule has 2 N–H and O–H groups in total. The number of ether oxygens (including phenoxy) is 1. The minimum absolute atomic E-state index is 0.197. The van der Waals surface area contributed by atoms with Gasteiger partial charge in [0.2, 0.25) is 5.88 Å². The Hall–Kier alpha value is -3.61. The number of thiazole rings is 1. The lowest BCUT2D eigenvalue weighted by Crippen LogP contribution is -2.19. The molecule has 0 saturated heterocycles. The van der Waals surface area contributed by atoms with Crippen molar-refractivity contribution in [1.82, 2.24) is 15.0 Å². The minimum Gasteiger partial charge on any atom is -0.386 e. The van der Waals surface area contributed by atoms with Crippen LogP contribution in [0.3, 0.4) is 0 Å². The monoisotopic (exact) mass is 455 g/mol. The number of amides is 2. The summed E-state index contributed by atoms with van der Waals surface area (Å²) in [6, 6.07) is 2.20. The molecule has 1 aromatic carbocycles. The first-order valence-corrected chi connectivity index (χ1v) is 9.26. The van der Waals surface area contributed by atoms with E-state index in [0.29, 0.717) is 21.6 Å². The molecule has 3 aromatic rings. The SMILES string of the molecule is Cc1ncc(C(=O)Nc2cc(C(=O)Nc3cnc(OC(F)(F)F)cn3)c(F)cc2C)s1. The van der Waals surface area contributed by atoms with Gasteiger partial charge in [0.25, 0.3) is 11.8 Å². The maximum atomic E-state index is 14.3. The molecule has 2 aromatic heterocycles. The highest BCUT2D eigenvalue weighted by molar-refractivity contribution is 7.13. The fourth-order valence-electron chi connectivity index (χ4n) is 2.37. The van der Waals surface area contributed by atoms with Crippen molar-refractivity contribution < 1.29 is 31.9 Å². The Morgan fingerprint density at radius 3 is 2.32 bits per heavy atom. The van der Waals surface area contributed by atoms with Crippen LogP contribution < -0.4 is 15.4 Å². The van der Waals surface area contributed by atoms with Crippen LogP contribution in [0.5, 0.6) is 5.88 Å². The van der Waals surface area contributed by atoms with E-state index in [-0.39, 0.29) is 11.5 Å². The Bertz CT molecular complexity index is 1130. The largest absolute Gasteiger partial charge is 0.574 e. The number of rotatable bonds is 5. The highest BCUT2D eigenvalue weighted by Gasteiger charge is 2.32. The summed E-state index contributed by atoms with van der Waals surface area (Å²) in [5, 5.41) is 5.49. The molecule has 0 bridgehead atoms. The average Bonchev–Trinajstić information content (AvgIpc) is 3.10. The molecule has 162 valence electrons. The lowest BCUT2D eigenvalue weighted by Gasteiger charge is -2.12. The lowest BCUT2D eigenvalue weighted by molar-refractivity contribution is -0.276. The van der Waals surface area contributed by atoms with E-state index in [1.54, 1.807) is 13.8 Å². The number of nitrogens with one attached hydrogen (secondary N) is 2. The van der Waals surface area contributed by atoms with E-state index < -0.39 is 35.4 Å². The number of benzene rings is 1. The van der Waals surface area contributed by atoms with Crippen LogP contribution in [0, 0.1) is 19.7 Å². The quantitative estimate of drug-likeness (QED) is 0.562. The predicted molar refractivity (Wildman–Crippen MR) is 103 cm³/mol. The summed E-state index contributed by atoms with van der Waals surface area (Å²) < 4.78 is 54.4. The summed E-state index contributed by atoms with van der Waals surface area (Å²) in [5.41, 5.74) is 0.151. The second-order valence-electron chi connectivity index (χ2n) is 6.09. The van der Waals surface area contributed by atoms with Gasteiger partial charge in [-0.1, -0.05) is 0 Å². The first kappa shape index (κ1) is 22.1. The van der Waals surface area contributed by atoms with Crippen molar-refractivity contribution >= 4 is 34.7 Å². The second kappa shape index (κ2) is 8.63. The standard InChI is InChI=1S/C18H13F4N5O3S/c1-8-3-11(19)10(4-12(8)26-17(29)13-5-23-9(2)31-13)16(28)27-14-6-25-15(7-24-14)30-18(20,21)22/h3-7H,1-2H3,(H,26,29)(H,24,27,28). The Morgan fingerprint density at radius 2 is 1.74 bits per heavy atom. The Morgan fingerprint density at radius 1 is 1.00 bits per heavy atom. The van der Waals surface area contributed by atoms with Gasteiger partial charge in [0.05, 0.1) is 29.2 Å². The molecule has 8 nitrogen and oxygen atoms in total. The molecule has 0 unspecified atom stereocenters. The van der Waals surface area contributed by atoms with Gasteiger partial charge in [0, 0.05) is 5.69 Å². The molecule has 0 aliphatic carbocycles. The number of anilines is 2. The first-order chi connectivity index (χ1) is 14.5. The van der Waals surface area contributed by atoms with Crippen LogP contribution in [-0.2, 0) is 0 Å². The van der Waals surface area contributed by atoms with Crippen molar-refractivity contribution in [2.24, 2.45) is 0 Å². The predicted octanol–water partition coefficient (Wildman–Crippen LogP) is 4.09. The maximum Gasteiger partial charge on any atom is 0.574 e. The van der Waals surface area contributed by atoms with Gasteiger partial charge in [-0.15, -0.1) is 24.5 Å². The molecular formula is C18H13F4N5O3S.